The smallest absolute Gasteiger partial charge is 0.251 e. The van der Waals surface area contributed by atoms with E-state index in [-0.39, 0.29) is 5.91 Å². The fraction of sp³-hybridized carbons (Fsp3) is 0.588. The minimum absolute atomic E-state index is 0.00988. The second-order valence-corrected chi connectivity index (χ2v) is 5.55. The van der Waals surface area contributed by atoms with E-state index in [9.17, 15) is 4.79 Å². The van der Waals surface area contributed by atoms with E-state index in [4.69, 9.17) is 9.47 Å². The zero-order valence-corrected chi connectivity index (χ0v) is 13.3. The van der Waals surface area contributed by atoms with Crippen molar-refractivity contribution in [3.63, 3.8) is 0 Å². The third kappa shape index (κ3) is 5.75. The summed E-state index contributed by atoms with van der Waals surface area (Å²) in [5.74, 6) is -0.00988. The molecule has 22 heavy (non-hydrogen) atoms. The molecule has 1 saturated heterocycles. The molecule has 1 aromatic rings. The summed E-state index contributed by atoms with van der Waals surface area (Å²) < 4.78 is 10.4. The highest BCUT2D eigenvalue weighted by Crippen LogP contribution is 2.06. The van der Waals surface area contributed by atoms with E-state index in [0.29, 0.717) is 12.2 Å². The predicted molar refractivity (Wildman–Crippen MR) is 86.0 cm³/mol. The number of methoxy groups -OCH3 is 1. The Labute approximate surface area is 132 Å². The first-order valence-corrected chi connectivity index (χ1v) is 7.96. The molecule has 122 valence electrons. The van der Waals surface area contributed by atoms with Crippen molar-refractivity contribution in [2.75, 3.05) is 46.5 Å². The molecule has 0 bridgehead atoms. The van der Waals surface area contributed by atoms with Gasteiger partial charge in [0.2, 0.25) is 0 Å². The summed E-state index contributed by atoms with van der Waals surface area (Å²) in [6, 6.07) is 7.57. The lowest BCUT2D eigenvalue weighted by Crippen LogP contribution is -2.37. The van der Waals surface area contributed by atoms with Gasteiger partial charge in [0.1, 0.15) is 0 Å². The topological polar surface area (TPSA) is 50.8 Å². The van der Waals surface area contributed by atoms with Gasteiger partial charge in [0.05, 0.1) is 19.8 Å². The van der Waals surface area contributed by atoms with Crippen LogP contribution < -0.4 is 5.32 Å². The predicted octanol–water partition coefficient (Wildman–Crippen LogP) is 1.68. The van der Waals surface area contributed by atoms with Gasteiger partial charge in [-0.1, -0.05) is 12.1 Å². The molecule has 1 amide bonds. The minimum Gasteiger partial charge on any atom is -0.380 e. The van der Waals surface area contributed by atoms with Gasteiger partial charge >= 0.3 is 0 Å². The van der Waals surface area contributed by atoms with Crippen LogP contribution in [0, 0.1) is 0 Å². The molecule has 1 aliphatic heterocycles. The molecule has 0 aliphatic carbocycles. The maximum Gasteiger partial charge on any atom is 0.251 e. The number of hydrogen-bond acceptors (Lipinski definition) is 4. The van der Waals surface area contributed by atoms with Crippen molar-refractivity contribution in [2.24, 2.45) is 0 Å². The first-order valence-electron chi connectivity index (χ1n) is 7.96. The molecule has 0 unspecified atom stereocenters. The first-order chi connectivity index (χ1) is 10.8. The van der Waals surface area contributed by atoms with E-state index in [1.807, 2.05) is 24.3 Å². The number of nitrogens with one attached hydrogen (secondary N) is 1. The molecule has 5 nitrogen and oxygen atoms in total. The minimum atomic E-state index is -0.00988. The zero-order chi connectivity index (χ0) is 15.6. The van der Waals surface area contributed by atoms with Gasteiger partial charge in [-0.3, -0.25) is 9.69 Å². The van der Waals surface area contributed by atoms with Gasteiger partial charge in [-0.2, -0.15) is 0 Å². The van der Waals surface area contributed by atoms with Gasteiger partial charge in [0.15, 0.2) is 0 Å². The third-order valence-electron chi connectivity index (χ3n) is 3.79. The Bertz CT molecular complexity index is 459. The Hall–Kier alpha value is -1.43. The Morgan fingerprint density at radius 3 is 2.91 bits per heavy atom. The van der Waals surface area contributed by atoms with Crippen LogP contribution in [0.25, 0.3) is 0 Å². The molecule has 1 N–H and O–H groups in total. The lowest BCUT2D eigenvalue weighted by Gasteiger charge is -2.26. The molecular formula is C17H26N2O3. The summed E-state index contributed by atoms with van der Waals surface area (Å²) in [6.07, 6.45) is 2.10. The van der Waals surface area contributed by atoms with Crippen molar-refractivity contribution in [2.45, 2.75) is 19.4 Å². The van der Waals surface area contributed by atoms with Crippen LogP contribution in [0.5, 0.6) is 0 Å². The number of morpholine rings is 1. The van der Waals surface area contributed by atoms with E-state index in [0.717, 1.165) is 57.8 Å². The Balaban J connectivity index is 1.63. The van der Waals surface area contributed by atoms with Crippen LogP contribution in [0.15, 0.2) is 24.3 Å². The van der Waals surface area contributed by atoms with E-state index in [1.165, 1.54) is 0 Å². The summed E-state index contributed by atoms with van der Waals surface area (Å²) in [6.45, 7) is 6.07. The molecule has 1 heterocycles. The van der Waals surface area contributed by atoms with Gasteiger partial charge in [-0.25, -0.2) is 0 Å². The third-order valence-corrected chi connectivity index (χ3v) is 3.79. The second kappa shape index (κ2) is 9.56. The average Bonchev–Trinajstić information content (AvgIpc) is 2.56. The van der Waals surface area contributed by atoms with Crippen molar-refractivity contribution < 1.29 is 14.3 Å². The summed E-state index contributed by atoms with van der Waals surface area (Å²) in [7, 11) is 1.65. The number of benzene rings is 1. The van der Waals surface area contributed by atoms with Crippen LogP contribution in [-0.2, 0) is 16.1 Å². The largest absolute Gasteiger partial charge is 0.380 e. The van der Waals surface area contributed by atoms with Gasteiger partial charge in [0, 0.05) is 32.3 Å². The number of nitrogens with zero attached hydrogens (tertiary/aromatic N) is 1. The second-order valence-electron chi connectivity index (χ2n) is 5.55. The van der Waals surface area contributed by atoms with Crippen LogP contribution in [0.2, 0.25) is 0 Å². The number of hydrogen-bond donors (Lipinski definition) is 1. The summed E-state index contributed by atoms with van der Waals surface area (Å²) in [5.41, 5.74) is 1.71. The summed E-state index contributed by atoms with van der Waals surface area (Å²) in [5, 5.41) is 2.98. The van der Waals surface area contributed by atoms with E-state index in [1.54, 1.807) is 7.11 Å². The molecule has 1 aromatic carbocycles. The molecular weight excluding hydrogens is 280 g/mol. The van der Waals surface area contributed by atoms with Crippen LogP contribution in [-0.4, -0.2) is 57.3 Å². The van der Waals surface area contributed by atoms with Crippen LogP contribution in [0.4, 0.5) is 0 Å². The summed E-state index contributed by atoms with van der Waals surface area (Å²) >= 11 is 0. The maximum atomic E-state index is 12.1. The highest BCUT2D eigenvalue weighted by molar-refractivity contribution is 5.94. The molecule has 5 heteroatoms. The number of amides is 1. The van der Waals surface area contributed by atoms with Gasteiger partial charge in [-0.05, 0) is 37.1 Å². The maximum absolute atomic E-state index is 12.1. The Kier molecular flexibility index (Phi) is 7.36. The van der Waals surface area contributed by atoms with Gasteiger partial charge in [-0.15, -0.1) is 0 Å². The number of rotatable bonds is 8. The van der Waals surface area contributed by atoms with Crippen LogP contribution >= 0.6 is 0 Å². The molecule has 2 rings (SSSR count). The normalized spacial score (nSPS) is 15.7. The van der Waals surface area contributed by atoms with Crippen LogP contribution in [0.3, 0.4) is 0 Å². The number of carbonyl (C=O) groups is 1. The molecule has 0 spiro atoms. The van der Waals surface area contributed by atoms with E-state index >= 15 is 0 Å². The lowest BCUT2D eigenvalue weighted by molar-refractivity contribution is 0.0372. The van der Waals surface area contributed by atoms with E-state index in [2.05, 4.69) is 10.2 Å². The quantitative estimate of drug-likeness (QED) is 0.742. The highest BCUT2D eigenvalue weighted by Gasteiger charge is 2.09. The number of unbranched alkanes of at least 4 members (excludes halogenated alkanes) is 1. The lowest BCUT2D eigenvalue weighted by atomic mass is 10.1. The van der Waals surface area contributed by atoms with E-state index < -0.39 is 0 Å². The molecule has 0 aromatic heterocycles. The molecule has 0 radical (unpaired) electrons. The first kappa shape index (κ1) is 16.9. The number of carbonyl (C=O) groups excluding carboxylic acids is 1. The fourth-order valence-electron chi connectivity index (χ4n) is 2.56. The SMILES string of the molecule is COCc1cccc(C(=O)NCCCCN2CCOCC2)c1. The van der Waals surface area contributed by atoms with Crippen molar-refractivity contribution in [3.05, 3.63) is 35.4 Å². The molecule has 1 aliphatic rings. The zero-order valence-electron chi connectivity index (χ0n) is 13.3. The standard InChI is InChI=1S/C17H26N2O3/c1-21-14-15-5-4-6-16(13-15)17(20)18-7-2-3-8-19-9-11-22-12-10-19/h4-6,13H,2-3,7-12,14H2,1H3,(H,18,20). The molecule has 1 fully saturated rings. The Morgan fingerprint density at radius 2 is 2.14 bits per heavy atom. The van der Waals surface area contributed by atoms with Crippen molar-refractivity contribution in [1.82, 2.24) is 10.2 Å². The van der Waals surface area contributed by atoms with Gasteiger partial charge in [0.25, 0.3) is 5.91 Å². The van der Waals surface area contributed by atoms with Crippen LogP contribution in [0.1, 0.15) is 28.8 Å². The molecule has 0 atom stereocenters. The number of ether oxygens (including phenoxy) is 2. The van der Waals surface area contributed by atoms with Crippen molar-refractivity contribution >= 4 is 5.91 Å². The highest BCUT2D eigenvalue weighted by atomic mass is 16.5. The van der Waals surface area contributed by atoms with Crippen molar-refractivity contribution in [3.8, 4) is 0 Å². The Morgan fingerprint density at radius 1 is 1.32 bits per heavy atom. The van der Waals surface area contributed by atoms with Gasteiger partial charge < -0.3 is 14.8 Å². The monoisotopic (exact) mass is 306 g/mol. The van der Waals surface area contributed by atoms with Crippen molar-refractivity contribution in [1.29, 1.82) is 0 Å². The average molecular weight is 306 g/mol. The fourth-order valence-corrected chi connectivity index (χ4v) is 2.56. The summed E-state index contributed by atoms with van der Waals surface area (Å²) in [4.78, 5) is 14.5. The molecule has 0 saturated carbocycles.